The molecule has 2 rings (SSSR count). The number of carbonyl (C=O) groups is 1. The zero-order valence-electron chi connectivity index (χ0n) is 14.0. The van der Waals surface area contributed by atoms with Crippen molar-refractivity contribution in [1.29, 1.82) is 0 Å². The Kier molecular flexibility index (Phi) is 6.03. The van der Waals surface area contributed by atoms with Crippen LogP contribution in [0, 0.1) is 0 Å². The van der Waals surface area contributed by atoms with E-state index in [1.54, 1.807) is 0 Å². The van der Waals surface area contributed by atoms with E-state index in [-0.39, 0.29) is 12.0 Å². The molecule has 4 nitrogen and oxygen atoms in total. The molecule has 1 N–H and O–H groups in total. The summed E-state index contributed by atoms with van der Waals surface area (Å²) < 4.78 is 5.72. The van der Waals surface area contributed by atoms with Gasteiger partial charge in [0.05, 0.1) is 11.8 Å². The van der Waals surface area contributed by atoms with E-state index in [0.29, 0.717) is 24.4 Å². The summed E-state index contributed by atoms with van der Waals surface area (Å²) in [4.78, 5) is 14.3. The largest absolute Gasteiger partial charge is 0.489 e. The Morgan fingerprint density at radius 1 is 1.09 bits per heavy atom. The number of nitrogens with one attached hydrogen (secondary N) is 1. The van der Waals surface area contributed by atoms with Gasteiger partial charge in [0.2, 0.25) is 5.91 Å². The Morgan fingerprint density at radius 3 is 2.43 bits per heavy atom. The summed E-state index contributed by atoms with van der Waals surface area (Å²) in [5.74, 6) is 0.680. The maximum Gasteiger partial charge on any atom is 0.226 e. The van der Waals surface area contributed by atoms with Crippen LogP contribution in [0.2, 0.25) is 0 Å². The lowest BCUT2D eigenvalue weighted by Crippen LogP contribution is -2.24. The van der Waals surface area contributed by atoms with Gasteiger partial charge in [0.15, 0.2) is 0 Å². The molecule has 0 atom stereocenters. The van der Waals surface area contributed by atoms with Gasteiger partial charge in [-0.2, -0.15) is 0 Å². The standard InChI is InChI=1S/C19H24N2O2/c1-15(2)23-18-12-8-7-11-17(18)20-19(22)13-14-21(3)16-9-5-4-6-10-16/h4-12,15H,13-14H2,1-3H3,(H,20,22). The number of anilines is 2. The third-order valence-electron chi connectivity index (χ3n) is 3.40. The minimum absolute atomic E-state index is 0.0208. The number of benzene rings is 2. The third kappa shape index (κ3) is 5.33. The number of nitrogens with zero attached hydrogens (tertiary/aromatic N) is 1. The molecule has 2 aromatic carbocycles. The van der Waals surface area contributed by atoms with Crippen LogP contribution in [0.15, 0.2) is 54.6 Å². The van der Waals surface area contributed by atoms with Gasteiger partial charge >= 0.3 is 0 Å². The van der Waals surface area contributed by atoms with E-state index in [1.807, 2.05) is 75.5 Å². The molecule has 0 aromatic heterocycles. The van der Waals surface area contributed by atoms with Gasteiger partial charge in [-0.05, 0) is 38.1 Å². The number of carbonyl (C=O) groups excluding carboxylic acids is 1. The highest BCUT2D eigenvalue weighted by Gasteiger charge is 2.10. The summed E-state index contributed by atoms with van der Waals surface area (Å²) in [6, 6.07) is 17.5. The van der Waals surface area contributed by atoms with Crippen LogP contribution >= 0.6 is 0 Å². The molecule has 0 aliphatic rings. The Bertz CT molecular complexity index is 626. The molecule has 0 unspecified atom stereocenters. The van der Waals surface area contributed by atoms with E-state index in [1.165, 1.54) is 0 Å². The lowest BCUT2D eigenvalue weighted by Gasteiger charge is -2.19. The second-order valence-electron chi connectivity index (χ2n) is 5.72. The van der Waals surface area contributed by atoms with Crippen molar-refractivity contribution >= 4 is 17.3 Å². The maximum atomic E-state index is 12.2. The van der Waals surface area contributed by atoms with E-state index in [2.05, 4.69) is 10.2 Å². The van der Waals surface area contributed by atoms with Crippen LogP contribution in [0.3, 0.4) is 0 Å². The minimum atomic E-state index is -0.0208. The fourth-order valence-corrected chi connectivity index (χ4v) is 2.22. The second kappa shape index (κ2) is 8.22. The number of ether oxygens (including phenoxy) is 1. The van der Waals surface area contributed by atoms with Crippen molar-refractivity contribution in [3.63, 3.8) is 0 Å². The van der Waals surface area contributed by atoms with E-state index in [4.69, 9.17) is 4.74 Å². The van der Waals surface area contributed by atoms with Gasteiger partial charge in [-0.15, -0.1) is 0 Å². The van der Waals surface area contributed by atoms with Crippen molar-refractivity contribution in [2.75, 3.05) is 23.8 Å². The maximum absolute atomic E-state index is 12.2. The first kappa shape index (κ1) is 16.9. The lowest BCUT2D eigenvalue weighted by atomic mass is 10.2. The molecule has 0 spiro atoms. The first-order chi connectivity index (χ1) is 11.1. The van der Waals surface area contributed by atoms with Crippen LogP contribution in [0.4, 0.5) is 11.4 Å². The molecular weight excluding hydrogens is 288 g/mol. The molecule has 23 heavy (non-hydrogen) atoms. The molecule has 0 aliphatic heterocycles. The lowest BCUT2D eigenvalue weighted by molar-refractivity contribution is -0.116. The summed E-state index contributed by atoms with van der Waals surface area (Å²) >= 11 is 0. The Morgan fingerprint density at radius 2 is 1.74 bits per heavy atom. The van der Waals surface area contributed by atoms with Crippen molar-refractivity contribution in [3.8, 4) is 5.75 Å². The topological polar surface area (TPSA) is 41.6 Å². The van der Waals surface area contributed by atoms with Crippen LogP contribution in [-0.2, 0) is 4.79 Å². The highest BCUT2D eigenvalue weighted by atomic mass is 16.5. The summed E-state index contributed by atoms with van der Waals surface area (Å²) in [6.45, 7) is 4.59. The van der Waals surface area contributed by atoms with Gasteiger partial charge in [0, 0.05) is 25.7 Å². The summed E-state index contributed by atoms with van der Waals surface area (Å²) in [5.41, 5.74) is 1.82. The molecule has 1 amide bonds. The van der Waals surface area contributed by atoms with Gasteiger partial charge in [-0.3, -0.25) is 4.79 Å². The molecule has 0 heterocycles. The second-order valence-corrected chi connectivity index (χ2v) is 5.72. The van der Waals surface area contributed by atoms with Crippen LogP contribution in [0.1, 0.15) is 20.3 Å². The summed E-state index contributed by atoms with van der Waals surface area (Å²) in [7, 11) is 1.98. The molecular formula is C19H24N2O2. The van der Waals surface area contributed by atoms with E-state index < -0.39 is 0 Å². The van der Waals surface area contributed by atoms with Crippen molar-refractivity contribution in [3.05, 3.63) is 54.6 Å². The molecule has 4 heteroatoms. The van der Waals surface area contributed by atoms with Crippen molar-refractivity contribution in [2.24, 2.45) is 0 Å². The predicted octanol–water partition coefficient (Wildman–Crippen LogP) is 3.94. The first-order valence-corrected chi connectivity index (χ1v) is 7.88. The fourth-order valence-electron chi connectivity index (χ4n) is 2.22. The van der Waals surface area contributed by atoms with Crippen LogP contribution < -0.4 is 15.0 Å². The molecule has 0 saturated heterocycles. The van der Waals surface area contributed by atoms with Crippen LogP contribution in [-0.4, -0.2) is 25.6 Å². The summed E-state index contributed by atoms with van der Waals surface area (Å²) in [6.07, 6.45) is 0.485. The number of amides is 1. The number of hydrogen-bond donors (Lipinski definition) is 1. The van der Waals surface area contributed by atoms with Crippen molar-refractivity contribution in [2.45, 2.75) is 26.4 Å². The molecule has 0 saturated carbocycles. The highest BCUT2D eigenvalue weighted by molar-refractivity contribution is 5.92. The SMILES string of the molecule is CC(C)Oc1ccccc1NC(=O)CCN(C)c1ccccc1. The molecule has 0 bridgehead atoms. The van der Waals surface area contributed by atoms with Gasteiger partial charge in [-0.1, -0.05) is 30.3 Å². The predicted molar refractivity (Wildman–Crippen MR) is 95.2 cm³/mol. The Labute approximate surface area is 138 Å². The molecule has 0 fully saturated rings. The smallest absolute Gasteiger partial charge is 0.226 e. The van der Waals surface area contributed by atoms with Gasteiger partial charge in [0.25, 0.3) is 0 Å². The third-order valence-corrected chi connectivity index (χ3v) is 3.40. The fraction of sp³-hybridized carbons (Fsp3) is 0.316. The van der Waals surface area contributed by atoms with Crippen LogP contribution in [0.5, 0.6) is 5.75 Å². The van der Waals surface area contributed by atoms with Crippen molar-refractivity contribution < 1.29 is 9.53 Å². The average molecular weight is 312 g/mol. The average Bonchev–Trinajstić information content (AvgIpc) is 2.55. The van der Waals surface area contributed by atoms with E-state index >= 15 is 0 Å². The quantitative estimate of drug-likeness (QED) is 0.842. The Hall–Kier alpha value is -2.49. The zero-order chi connectivity index (χ0) is 16.7. The number of para-hydroxylation sites is 3. The summed E-state index contributed by atoms with van der Waals surface area (Å²) in [5, 5.41) is 2.93. The molecule has 0 aliphatic carbocycles. The first-order valence-electron chi connectivity index (χ1n) is 7.88. The molecule has 0 radical (unpaired) electrons. The minimum Gasteiger partial charge on any atom is -0.489 e. The number of rotatable bonds is 7. The molecule has 2 aromatic rings. The zero-order valence-corrected chi connectivity index (χ0v) is 14.0. The van der Waals surface area contributed by atoms with Crippen molar-refractivity contribution in [1.82, 2.24) is 0 Å². The normalized spacial score (nSPS) is 10.4. The van der Waals surface area contributed by atoms with E-state index in [0.717, 1.165) is 5.69 Å². The van der Waals surface area contributed by atoms with Crippen LogP contribution in [0.25, 0.3) is 0 Å². The molecule has 122 valence electrons. The van der Waals surface area contributed by atoms with Gasteiger partial charge in [-0.25, -0.2) is 0 Å². The highest BCUT2D eigenvalue weighted by Crippen LogP contribution is 2.25. The van der Waals surface area contributed by atoms with E-state index in [9.17, 15) is 4.79 Å². The number of hydrogen-bond acceptors (Lipinski definition) is 3. The van der Waals surface area contributed by atoms with Gasteiger partial charge in [0.1, 0.15) is 5.75 Å². The monoisotopic (exact) mass is 312 g/mol. The Balaban J connectivity index is 1.90. The van der Waals surface area contributed by atoms with Gasteiger partial charge < -0.3 is 15.0 Å².